The molecule has 0 fully saturated rings. The molecule has 0 aromatic carbocycles. The molecule has 1 rings (SSSR count). The predicted octanol–water partition coefficient (Wildman–Crippen LogP) is 6.22. The highest BCUT2D eigenvalue weighted by Gasteiger charge is 2.38. The van der Waals surface area contributed by atoms with Crippen LogP contribution in [0, 0.1) is 5.92 Å². The van der Waals surface area contributed by atoms with Crippen molar-refractivity contribution in [3.63, 3.8) is 0 Å². The van der Waals surface area contributed by atoms with Gasteiger partial charge in [-0.3, -0.25) is 0 Å². The Hall–Kier alpha value is -0.000000000000000222. The van der Waals surface area contributed by atoms with Gasteiger partial charge in [-0.2, -0.15) is 13.2 Å². The monoisotopic (exact) mass is 386 g/mol. The quantitative estimate of drug-likeness (QED) is 0.399. The van der Waals surface area contributed by atoms with Gasteiger partial charge in [0.15, 0.2) is 0 Å². The third-order valence-corrected chi connectivity index (χ3v) is 5.63. The standard InChI is InChI=1S/C15H22F3I/c1-3-7-11-8-5-6-9-12(14(19)4-2)10-13(11)15(16,17)18/h3,7,12,14H,4-6,8-10H2,1-2H3/b7-3-,13-11+/t12?,14-/m1/s1. The van der Waals surface area contributed by atoms with Crippen molar-refractivity contribution in [2.45, 2.75) is 62.5 Å². The molecule has 1 unspecified atom stereocenters. The number of alkyl halides is 4. The molecule has 0 nitrogen and oxygen atoms in total. The Balaban J connectivity index is 3.10. The second-order valence-corrected chi connectivity index (χ2v) is 6.74. The van der Waals surface area contributed by atoms with Crippen LogP contribution < -0.4 is 0 Å². The number of halogens is 4. The first-order valence-corrected chi connectivity index (χ1v) is 8.20. The van der Waals surface area contributed by atoms with Crippen molar-refractivity contribution < 1.29 is 13.2 Å². The fourth-order valence-electron chi connectivity index (χ4n) is 2.69. The third kappa shape index (κ3) is 5.12. The zero-order valence-corrected chi connectivity index (χ0v) is 13.7. The van der Waals surface area contributed by atoms with Crippen LogP contribution in [-0.2, 0) is 0 Å². The molecule has 0 amide bonds. The average molecular weight is 386 g/mol. The van der Waals surface area contributed by atoms with Crippen molar-refractivity contribution in [1.29, 1.82) is 0 Å². The molecule has 0 aliphatic heterocycles. The predicted molar refractivity (Wildman–Crippen MR) is 82.6 cm³/mol. The van der Waals surface area contributed by atoms with E-state index in [2.05, 4.69) is 29.5 Å². The summed E-state index contributed by atoms with van der Waals surface area (Å²) in [5.41, 5.74) is 0.213. The van der Waals surface area contributed by atoms with E-state index in [0.717, 1.165) is 25.7 Å². The molecule has 0 bridgehead atoms. The molecule has 110 valence electrons. The lowest BCUT2D eigenvalue weighted by molar-refractivity contribution is -0.0964. The smallest absolute Gasteiger partial charge is 0.166 e. The lowest BCUT2D eigenvalue weighted by Gasteiger charge is -2.27. The summed E-state index contributed by atoms with van der Waals surface area (Å²) in [6.07, 6.45) is 3.69. The largest absolute Gasteiger partial charge is 0.412 e. The summed E-state index contributed by atoms with van der Waals surface area (Å²) in [4.78, 5) is 0. The summed E-state index contributed by atoms with van der Waals surface area (Å²) in [6, 6.07) is 0. The van der Waals surface area contributed by atoms with E-state index in [1.807, 2.05) is 0 Å². The van der Waals surface area contributed by atoms with Gasteiger partial charge in [-0.25, -0.2) is 0 Å². The Bertz CT molecular complexity index is 342. The molecule has 0 saturated heterocycles. The topological polar surface area (TPSA) is 0 Å². The van der Waals surface area contributed by atoms with E-state index in [4.69, 9.17) is 0 Å². The van der Waals surface area contributed by atoms with Crippen molar-refractivity contribution in [2.24, 2.45) is 5.92 Å². The minimum Gasteiger partial charge on any atom is -0.166 e. The van der Waals surface area contributed by atoms with E-state index in [1.54, 1.807) is 19.1 Å². The van der Waals surface area contributed by atoms with Crippen LogP contribution in [0.25, 0.3) is 0 Å². The van der Waals surface area contributed by atoms with Gasteiger partial charge in [-0.05, 0) is 50.5 Å². The van der Waals surface area contributed by atoms with E-state index in [9.17, 15) is 13.2 Å². The summed E-state index contributed by atoms with van der Waals surface area (Å²) in [6.45, 7) is 3.84. The normalized spacial score (nSPS) is 28.2. The molecule has 19 heavy (non-hydrogen) atoms. The van der Waals surface area contributed by atoms with Gasteiger partial charge >= 0.3 is 6.18 Å². The molecular weight excluding hydrogens is 364 g/mol. The van der Waals surface area contributed by atoms with Crippen LogP contribution in [0.15, 0.2) is 23.3 Å². The molecule has 1 aliphatic rings. The number of allylic oxidation sites excluding steroid dienone is 4. The molecule has 2 atom stereocenters. The zero-order chi connectivity index (χ0) is 14.5. The van der Waals surface area contributed by atoms with Gasteiger partial charge in [0.2, 0.25) is 0 Å². The van der Waals surface area contributed by atoms with Gasteiger partial charge in [0.1, 0.15) is 0 Å². The van der Waals surface area contributed by atoms with Crippen LogP contribution in [0.1, 0.15) is 52.4 Å². The van der Waals surface area contributed by atoms with Gasteiger partial charge in [0, 0.05) is 9.50 Å². The van der Waals surface area contributed by atoms with E-state index in [0.29, 0.717) is 15.9 Å². The summed E-state index contributed by atoms with van der Waals surface area (Å²) in [5, 5.41) is 0. The van der Waals surface area contributed by atoms with Crippen LogP contribution in [0.4, 0.5) is 13.2 Å². The Labute approximate surface area is 127 Å². The maximum Gasteiger partial charge on any atom is 0.412 e. The van der Waals surface area contributed by atoms with Crippen molar-refractivity contribution in [1.82, 2.24) is 0 Å². The molecular formula is C15H22F3I. The summed E-state index contributed by atoms with van der Waals surface area (Å²) in [7, 11) is 0. The number of hydrogen-bond donors (Lipinski definition) is 0. The van der Waals surface area contributed by atoms with E-state index in [-0.39, 0.29) is 17.9 Å². The van der Waals surface area contributed by atoms with E-state index in [1.165, 1.54) is 0 Å². The lowest BCUT2D eigenvalue weighted by Crippen LogP contribution is -2.23. The van der Waals surface area contributed by atoms with Gasteiger partial charge in [0.25, 0.3) is 0 Å². The Morgan fingerprint density at radius 2 is 2.05 bits per heavy atom. The van der Waals surface area contributed by atoms with Crippen LogP contribution in [0.3, 0.4) is 0 Å². The molecule has 0 saturated carbocycles. The highest BCUT2D eigenvalue weighted by atomic mass is 127. The van der Waals surface area contributed by atoms with Crippen LogP contribution in [-0.4, -0.2) is 10.1 Å². The lowest BCUT2D eigenvalue weighted by atomic mass is 9.84. The first-order valence-electron chi connectivity index (χ1n) is 6.96. The van der Waals surface area contributed by atoms with Gasteiger partial charge in [-0.1, -0.05) is 48.1 Å². The fourth-order valence-corrected chi connectivity index (χ4v) is 3.31. The second kappa shape index (κ2) is 7.70. The minimum absolute atomic E-state index is 0.155. The van der Waals surface area contributed by atoms with Crippen LogP contribution >= 0.6 is 22.6 Å². The Kier molecular flexibility index (Phi) is 6.91. The Morgan fingerprint density at radius 1 is 1.37 bits per heavy atom. The third-order valence-electron chi connectivity index (χ3n) is 3.74. The van der Waals surface area contributed by atoms with Gasteiger partial charge in [-0.15, -0.1) is 0 Å². The first-order chi connectivity index (χ1) is 8.90. The molecule has 1 aliphatic carbocycles. The second-order valence-electron chi connectivity index (χ2n) is 5.14. The first kappa shape index (κ1) is 17.1. The van der Waals surface area contributed by atoms with Crippen molar-refractivity contribution >= 4 is 22.6 Å². The molecule has 0 spiro atoms. The number of rotatable bonds is 3. The maximum absolute atomic E-state index is 13.3. The van der Waals surface area contributed by atoms with Crippen molar-refractivity contribution in [3.05, 3.63) is 23.3 Å². The number of hydrogen-bond acceptors (Lipinski definition) is 0. The highest BCUT2D eigenvalue weighted by Crippen LogP contribution is 2.40. The average Bonchev–Trinajstić information content (AvgIpc) is 2.30. The van der Waals surface area contributed by atoms with Gasteiger partial charge < -0.3 is 0 Å². The minimum atomic E-state index is -4.19. The summed E-state index contributed by atoms with van der Waals surface area (Å²) < 4.78 is 40.2. The zero-order valence-electron chi connectivity index (χ0n) is 11.6. The molecule has 0 aromatic rings. The molecule has 0 aromatic heterocycles. The molecule has 4 heteroatoms. The Morgan fingerprint density at radius 3 is 2.58 bits per heavy atom. The van der Waals surface area contributed by atoms with Crippen molar-refractivity contribution in [2.75, 3.05) is 0 Å². The summed E-state index contributed by atoms with van der Waals surface area (Å²) in [5.74, 6) is 0.155. The molecule has 0 heterocycles. The van der Waals surface area contributed by atoms with E-state index < -0.39 is 6.18 Å². The summed E-state index contributed by atoms with van der Waals surface area (Å²) >= 11 is 2.31. The molecule has 0 N–H and O–H groups in total. The van der Waals surface area contributed by atoms with Crippen molar-refractivity contribution in [3.8, 4) is 0 Å². The van der Waals surface area contributed by atoms with Gasteiger partial charge in [0.05, 0.1) is 0 Å². The molecule has 0 radical (unpaired) electrons. The van der Waals surface area contributed by atoms with Crippen LogP contribution in [0.5, 0.6) is 0 Å². The maximum atomic E-state index is 13.3. The SMILES string of the molecule is C/C=C\C1=C(/C(F)(F)F)CC([C@H](I)CC)CCCC1. The highest BCUT2D eigenvalue weighted by molar-refractivity contribution is 14.1. The van der Waals surface area contributed by atoms with E-state index >= 15 is 0 Å². The fraction of sp³-hybridized carbons (Fsp3) is 0.733. The van der Waals surface area contributed by atoms with Crippen LogP contribution in [0.2, 0.25) is 0 Å².